The van der Waals surface area contributed by atoms with E-state index >= 15 is 0 Å². The van der Waals surface area contributed by atoms with Crippen LogP contribution in [0.4, 0.5) is 0 Å². The van der Waals surface area contributed by atoms with Crippen molar-refractivity contribution in [2.24, 2.45) is 5.92 Å². The second-order valence-corrected chi connectivity index (χ2v) is 14.1. The van der Waals surface area contributed by atoms with E-state index in [1.807, 2.05) is 6.08 Å². The molecule has 212 valence electrons. The Balaban J connectivity index is 1.20. The molecule has 1 saturated carbocycles. The Morgan fingerprint density at radius 3 is 2.90 bits per heavy atom. The van der Waals surface area contributed by atoms with Gasteiger partial charge in [0.15, 0.2) is 6.35 Å². The Hall–Kier alpha value is -1.44. The lowest BCUT2D eigenvalue weighted by Crippen LogP contribution is -2.72. The fraction of sp³-hybridized carbons (Fsp3) is 0.710. The van der Waals surface area contributed by atoms with Gasteiger partial charge in [0.25, 0.3) is 0 Å². The third-order valence-corrected chi connectivity index (χ3v) is 11.7. The molecule has 0 aromatic heterocycles. The first-order valence-electron chi connectivity index (χ1n) is 15.1. The highest BCUT2D eigenvalue weighted by Gasteiger charge is 2.51. The molecule has 4 heterocycles. The number of aryl methyl sites for hydroxylation is 1. The molecular weight excluding hydrogens is 504 g/mol. The van der Waals surface area contributed by atoms with Crippen LogP contribution in [0.15, 0.2) is 35.7 Å². The van der Waals surface area contributed by atoms with Crippen LogP contribution in [0, 0.1) is 24.2 Å². The van der Waals surface area contributed by atoms with Gasteiger partial charge in [0.1, 0.15) is 0 Å². The number of rotatable bonds is 7. The molecule has 4 fully saturated rings. The molecule has 39 heavy (non-hydrogen) atoms. The average Bonchev–Trinajstić information content (AvgIpc) is 3.51. The molecule has 6 rings (SSSR count). The number of likely N-dealkylation sites (N-methyl/N-ethyl adjacent to an activating group) is 1. The van der Waals surface area contributed by atoms with E-state index < -0.39 is 0 Å². The molecule has 1 aromatic carbocycles. The minimum Gasteiger partial charge on any atom is -0.348 e. The first kappa shape index (κ1) is 27.7. The van der Waals surface area contributed by atoms with Crippen molar-refractivity contribution >= 4 is 11.8 Å². The van der Waals surface area contributed by atoms with Gasteiger partial charge >= 0.3 is 0 Å². The van der Waals surface area contributed by atoms with Crippen LogP contribution in [0.3, 0.4) is 0 Å². The summed E-state index contributed by atoms with van der Waals surface area (Å²) in [6.45, 7) is 11.9. The highest BCUT2D eigenvalue weighted by molar-refractivity contribution is 8.01. The number of piperazine rings is 1. The van der Waals surface area contributed by atoms with Gasteiger partial charge < -0.3 is 9.64 Å². The van der Waals surface area contributed by atoms with Crippen molar-refractivity contribution in [1.82, 2.24) is 25.3 Å². The molecule has 8 heteroatoms. The number of likely N-dealkylation sites (tertiary alicyclic amines) is 1. The van der Waals surface area contributed by atoms with E-state index in [1.165, 1.54) is 55.5 Å². The summed E-state index contributed by atoms with van der Waals surface area (Å²) in [7, 11) is 2.22. The average molecular weight is 551 g/mol. The lowest BCUT2D eigenvalue weighted by atomic mass is 9.72. The zero-order valence-corrected chi connectivity index (χ0v) is 24.6. The van der Waals surface area contributed by atoms with E-state index in [0.717, 1.165) is 32.8 Å². The van der Waals surface area contributed by atoms with E-state index in [4.69, 9.17) is 4.74 Å². The molecule has 0 radical (unpaired) electrons. The molecule has 4 aliphatic heterocycles. The zero-order chi connectivity index (χ0) is 27.0. The second-order valence-electron chi connectivity index (χ2n) is 12.6. The largest absolute Gasteiger partial charge is 0.348 e. The Morgan fingerprint density at radius 2 is 2.13 bits per heavy atom. The molecular formula is C31H46N6OS. The number of ether oxygens (including phenoxy) is 1. The Kier molecular flexibility index (Phi) is 8.39. The van der Waals surface area contributed by atoms with Crippen molar-refractivity contribution in [2.45, 2.75) is 92.2 Å². The van der Waals surface area contributed by atoms with Gasteiger partial charge in [0, 0.05) is 59.9 Å². The van der Waals surface area contributed by atoms with Crippen LogP contribution in [0.2, 0.25) is 0 Å². The van der Waals surface area contributed by atoms with Crippen LogP contribution in [0.5, 0.6) is 0 Å². The zero-order valence-electron chi connectivity index (χ0n) is 23.8. The summed E-state index contributed by atoms with van der Waals surface area (Å²) in [4.78, 5) is 9.00. The first-order chi connectivity index (χ1) is 19.0. The van der Waals surface area contributed by atoms with Crippen molar-refractivity contribution in [3.8, 4) is 6.07 Å². The van der Waals surface area contributed by atoms with E-state index in [0.29, 0.717) is 24.4 Å². The van der Waals surface area contributed by atoms with E-state index in [1.54, 1.807) is 5.56 Å². The summed E-state index contributed by atoms with van der Waals surface area (Å²) in [6.07, 6.45) is 9.97. The van der Waals surface area contributed by atoms with Gasteiger partial charge in [-0.3, -0.25) is 20.4 Å². The minimum absolute atomic E-state index is 0.142. The summed E-state index contributed by atoms with van der Waals surface area (Å²) >= 11 is 2.14. The summed E-state index contributed by atoms with van der Waals surface area (Å²) < 4.78 is 6.88. The molecule has 1 aliphatic carbocycles. The smallest absolute Gasteiger partial charge is 0.164 e. The maximum Gasteiger partial charge on any atom is 0.164 e. The highest BCUT2D eigenvalue weighted by Crippen LogP contribution is 2.55. The summed E-state index contributed by atoms with van der Waals surface area (Å²) in [5.41, 5.74) is 3.01. The van der Waals surface area contributed by atoms with Crippen LogP contribution in [0.25, 0.3) is 0 Å². The number of hydrogen-bond donors (Lipinski definition) is 2. The Labute approximate surface area is 239 Å². The van der Waals surface area contributed by atoms with Crippen molar-refractivity contribution in [2.75, 3.05) is 46.4 Å². The van der Waals surface area contributed by atoms with Crippen molar-refractivity contribution in [3.63, 3.8) is 0 Å². The Morgan fingerprint density at radius 1 is 1.23 bits per heavy atom. The van der Waals surface area contributed by atoms with Gasteiger partial charge in [-0.25, -0.2) is 0 Å². The third kappa shape index (κ3) is 5.70. The molecule has 2 N–H and O–H groups in total. The quantitative estimate of drug-likeness (QED) is 0.500. The van der Waals surface area contributed by atoms with Gasteiger partial charge in [-0.1, -0.05) is 18.2 Å². The monoisotopic (exact) mass is 550 g/mol. The van der Waals surface area contributed by atoms with E-state index in [9.17, 15) is 5.26 Å². The van der Waals surface area contributed by atoms with Crippen LogP contribution >= 0.6 is 11.8 Å². The molecule has 1 aromatic rings. The lowest BCUT2D eigenvalue weighted by Gasteiger charge is -2.55. The molecule has 7 nitrogen and oxygen atoms in total. The van der Waals surface area contributed by atoms with Crippen LogP contribution < -0.4 is 10.6 Å². The molecule has 0 bridgehead atoms. The second kappa shape index (κ2) is 11.8. The normalized spacial score (nSPS) is 37.5. The number of nitriles is 1. The lowest BCUT2D eigenvalue weighted by molar-refractivity contribution is -0.106. The first-order valence-corrected chi connectivity index (χ1v) is 15.9. The predicted molar refractivity (Wildman–Crippen MR) is 157 cm³/mol. The van der Waals surface area contributed by atoms with Crippen LogP contribution in [0.1, 0.15) is 49.7 Å². The fourth-order valence-corrected chi connectivity index (χ4v) is 9.62. The molecule has 6 unspecified atom stereocenters. The topological polar surface area (TPSA) is 66.8 Å². The van der Waals surface area contributed by atoms with E-state index in [-0.39, 0.29) is 23.3 Å². The van der Waals surface area contributed by atoms with Gasteiger partial charge in [-0.05, 0) is 76.2 Å². The molecule has 1 spiro atoms. The van der Waals surface area contributed by atoms with Gasteiger partial charge in [0.2, 0.25) is 0 Å². The van der Waals surface area contributed by atoms with Gasteiger partial charge in [-0.2, -0.15) is 5.26 Å². The van der Waals surface area contributed by atoms with Crippen LogP contribution in [-0.4, -0.2) is 96.5 Å². The standard InChI is InChI=1S/C31H46N6OS/c1-4-14-36-16-17-37(20-23(36)11-13-32)29-25-10-12-31(18-26-22(2)7-5-9-28(26)39-31)19-27(25)33-30(34-29)38-21-24-8-6-15-35(24)3/h4-5,7,9,23-25,27,29-30,33-34H,1,6,8,10-12,14-21H2,2-3H3/t23?,24?,25?,27?,29?,30?,31-/m1/s1. The SMILES string of the molecule is C=CCN1CCN(C2NC(OCC3CCCN3C)NC3C[C@@]4(CCC32)Cc2c(C)cccc2S4)CC1CC#N. The van der Waals surface area contributed by atoms with Crippen molar-refractivity contribution in [1.29, 1.82) is 5.26 Å². The number of benzene rings is 1. The van der Waals surface area contributed by atoms with Gasteiger partial charge in [-0.15, -0.1) is 18.3 Å². The van der Waals surface area contributed by atoms with Gasteiger partial charge in [0.05, 0.1) is 25.3 Å². The maximum absolute atomic E-state index is 9.56. The summed E-state index contributed by atoms with van der Waals surface area (Å²) in [5.74, 6) is 0.531. The van der Waals surface area contributed by atoms with E-state index in [2.05, 4.69) is 81.9 Å². The number of fused-ring (bicyclic) bond motifs is 2. The molecule has 5 aliphatic rings. The predicted octanol–water partition coefficient (Wildman–Crippen LogP) is 3.55. The minimum atomic E-state index is -0.142. The van der Waals surface area contributed by atoms with Crippen LogP contribution in [-0.2, 0) is 11.2 Å². The fourth-order valence-electron chi connectivity index (χ4n) is 7.95. The summed E-state index contributed by atoms with van der Waals surface area (Å²) in [5, 5.41) is 17.4. The Bertz CT molecular complexity index is 1080. The number of hydrogen-bond acceptors (Lipinski definition) is 8. The van der Waals surface area contributed by atoms with Crippen molar-refractivity contribution in [3.05, 3.63) is 42.0 Å². The number of thioether (sulfide) groups is 1. The number of nitrogens with one attached hydrogen (secondary N) is 2. The molecule has 3 saturated heterocycles. The summed E-state index contributed by atoms with van der Waals surface area (Å²) in [6, 6.07) is 10.4. The van der Waals surface area contributed by atoms with Crippen molar-refractivity contribution < 1.29 is 4.74 Å². The third-order valence-electron chi connectivity index (χ3n) is 10.2. The molecule has 7 atom stereocenters. The highest BCUT2D eigenvalue weighted by atomic mass is 32.2. The maximum atomic E-state index is 9.56. The molecule has 0 amide bonds. The number of nitrogens with zero attached hydrogens (tertiary/aromatic N) is 4.